The van der Waals surface area contributed by atoms with E-state index in [1.807, 2.05) is 6.07 Å². The van der Waals surface area contributed by atoms with Gasteiger partial charge in [0.05, 0.1) is 32.4 Å². The van der Waals surface area contributed by atoms with Crippen molar-refractivity contribution in [2.75, 3.05) is 46.6 Å². The van der Waals surface area contributed by atoms with Gasteiger partial charge in [0.2, 0.25) is 0 Å². The number of fused-ring (bicyclic) bond motifs is 1. The lowest BCUT2D eigenvalue weighted by molar-refractivity contribution is 0.0357. The highest BCUT2D eigenvalue weighted by Gasteiger charge is 2.14. The molecule has 0 spiro atoms. The molecule has 3 aromatic rings. The fourth-order valence-corrected chi connectivity index (χ4v) is 3.43. The SMILES string of the molecule is COc1cc2nccc(Oc3ccccc3F)c2cc1OCCCN1CCOCC1. The normalized spacial score (nSPS) is 14.6. The lowest BCUT2D eigenvalue weighted by Crippen LogP contribution is -2.37. The molecule has 158 valence electrons. The Morgan fingerprint density at radius 2 is 1.87 bits per heavy atom. The number of para-hydroxylation sites is 1. The van der Waals surface area contributed by atoms with E-state index in [1.165, 1.54) is 6.07 Å². The summed E-state index contributed by atoms with van der Waals surface area (Å²) in [6.07, 6.45) is 2.52. The number of nitrogens with zero attached hydrogens (tertiary/aromatic N) is 2. The molecule has 0 unspecified atom stereocenters. The zero-order valence-corrected chi connectivity index (χ0v) is 17.0. The highest BCUT2D eigenvalue weighted by molar-refractivity contribution is 5.88. The highest BCUT2D eigenvalue weighted by Crippen LogP contribution is 2.37. The van der Waals surface area contributed by atoms with E-state index in [1.54, 1.807) is 43.6 Å². The molecular weight excluding hydrogens is 387 g/mol. The van der Waals surface area contributed by atoms with Crippen LogP contribution in [0.25, 0.3) is 10.9 Å². The van der Waals surface area contributed by atoms with Crippen molar-refractivity contribution < 1.29 is 23.3 Å². The maximum absolute atomic E-state index is 14.0. The van der Waals surface area contributed by atoms with Gasteiger partial charge in [-0.2, -0.15) is 0 Å². The van der Waals surface area contributed by atoms with Crippen molar-refractivity contribution >= 4 is 10.9 Å². The average Bonchev–Trinajstić information content (AvgIpc) is 2.78. The van der Waals surface area contributed by atoms with E-state index in [4.69, 9.17) is 18.9 Å². The highest BCUT2D eigenvalue weighted by atomic mass is 19.1. The van der Waals surface area contributed by atoms with Gasteiger partial charge in [0.15, 0.2) is 23.1 Å². The van der Waals surface area contributed by atoms with Crippen LogP contribution in [0.3, 0.4) is 0 Å². The molecule has 6 nitrogen and oxygen atoms in total. The molecule has 1 aliphatic heterocycles. The number of morpholine rings is 1. The molecule has 0 atom stereocenters. The van der Waals surface area contributed by atoms with Crippen molar-refractivity contribution in [3.05, 3.63) is 54.5 Å². The lowest BCUT2D eigenvalue weighted by Gasteiger charge is -2.26. The van der Waals surface area contributed by atoms with Gasteiger partial charge in [-0.1, -0.05) is 12.1 Å². The molecule has 0 bridgehead atoms. The monoisotopic (exact) mass is 412 g/mol. The molecule has 0 radical (unpaired) electrons. The molecule has 4 rings (SSSR count). The van der Waals surface area contributed by atoms with Gasteiger partial charge in [-0.15, -0.1) is 0 Å². The summed E-state index contributed by atoms with van der Waals surface area (Å²) in [7, 11) is 1.60. The van der Waals surface area contributed by atoms with Gasteiger partial charge in [-0.25, -0.2) is 4.39 Å². The van der Waals surface area contributed by atoms with E-state index in [0.717, 1.165) is 44.7 Å². The van der Waals surface area contributed by atoms with Crippen LogP contribution in [0.1, 0.15) is 6.42 Å². The topological polar surface area (TPSA) is 53.0 Å². The summed E-state index contributed by atoms with van der Waals surface area (Å²) in [5.74, 6) is 1.46. The first-order valence-electron chi connectivity index (χ1n) is 10.1. The molecule has 1 fully saturated rings. The number of rotatable bonds is 8. The fraction of sp³-hybridized carbons (Fsp3) is 0.348. The van der Waals surface area contributed by atoms with E-state index in [2.05, 4.69) is 9.88 Å². The van der Waals surface area contributed by atoms with Crippen LogP contribution in [0.15, 0.2) is 48.7 Å². The molecule has 0 amide bonds. The van der Waals surface area contributed by atoms with Crippen LogP contribution in [-0.2, 0) is 4.74 Å². The molecule has 0 aliphatic carbocycles. The van der Waals surface area contributed by atoms with Gasteiger partial charge in [0, 0.05) is 37.3 Å². The van der Waals surface area contributed by atoms with Crippen LogP contribution in [-0.4, -0.2) is 56.4 Å². The molecule has 1 saturated heterocycles. The van der Waals surface area contributed by atoms with Gasteiger partial charge in [-0.05, 0) is 30.7 Å². The standard InChI is InChI=1S/C23H25FN2O4/c1-27-22-16-19-17(15-23(22)29-12-4-9-26-10-13-28-14-11-26)20(7-8-25-19)30-21-6-3-2-5-18(21)24/h2-3,5-8,15-16H,4,9-14H2,1H3. The molecule has 1 aliphatic rings. The van der Waals surface area contributed by atoms with Crippen LogP contribution in [0, 0.1) is 5.82 Å². The third-order valence-corrected chi connectivity index (χ3v) is 5.02. The molecular formula is C23H25FN2O4. The Morgan fingerprint density at radius 1 is 1.03 bits per heavy atom. The Bertz CT molecular complexity index is 992. The minimum atomic E-state index is -0.421. The van der Waals surface area contributed by atoms with Gasteiger partial charge >= 0.3 is 0 Å². The minimum absolute atomic E-state index is 0.161. The Hall–Kier alpha value is -2.90. The molecule has 2 heterocycles. The maximum Gasteiger partial charge on any atom is 0.165 e. The van der Waals surface area contributed by atoms with Crippen LogP contribution in [0.4, 0.5) is 4.39 Å². The number of ether oxygens (including phenoxy) is 4. The number of hydrogen-bond acceptors (Lipinski definition) is 6. The summed E-state index contributed by atoms with van der Waals surface area (Å²) < 4.78 is 36.7. The quantitative estimate of drug-likeness (QED) is 0.515. The van der Waals surface area contributed by atoms with E-state index < -0.39 is 5.82 Å². The molecule has 2 aromatic carbocycles. The van der Waals surface area contributed by atoms with Crippen molar-refractivity contribution in [2.24, 2.45) is 0 Å². The van der Waals surface area contributed by atoms with Gasteiger partial charge in [0.25, 0.3) is 0 Å². The third kappa shape index (κ3) is 4.80. The second-order valence-corrected chi connectivity index (χ2v) is 7.02. The molecule has 30 heavy (non-hydrogen) atoms. The van der Waals surface area contributed by atoms with Crippen LogP contribution >= 0.6 is 0 Å². The zero-order valence-electron chi connectivity index (χ0n) is 17.0. The summed E-state index contributed by atoms with van der Waals surface area (Å²) >= 11 is 0. The lowest BCUT2D eigenvalue weighted by atomic mass is 10.1. The summed E-state index contributed by atoms with van der Waals surface area (Å²) in [4.78, 5) is 6.76. The largest absolute Gasteiger partial charge is 0.493 e. The first-order valence-corrected chi connectivity index (χ1v) is 10.1. The van der Waals surface area contributed by atoms with Gasteiger partial charge < -0.3 is 18.9 Å². The second-order valence-electron chi connectivity index (χ2n) is 7.02. The summed E-state index contributed by atoms with van der Waals surface area (Å²) in [6, 6.07) is 11.7. The molecule has 7 heteroatoms. The summed E-state index contributed by atoms with van der Waals surface area (Å²) in [6.45, 7) is 5.02. The summed E-state index contributed by atoms with van der Waals surface area (Å²) in [5.41, 5.74) is 0.682. The van der Waals surface area contributed by atoms with Crippen molar-refractivity contribution in [1.82, 2.24) is 9.88 Å². The predicted molar refractivity (Wildman–Crippen MR) is 112 cm³/mol. The summed E-state index contributed by atoms with van der Waals surface area (Å²) in [5, 5.41) is 0.727. The Morgan fingerprint density at radius 3 is 2.67 bits per heavy atom. The van der Waals surface area contributed by atoms with Gasteiger partial charge in [0.1, 0.15) is 5.75 Å². The van der Waals surface area contributed by atoms with Crippen molar-refractivity contribution in [3.8, 4) is 23.0 Å². The number of methoxy groups -OCH3 is 1. The molecule has 0 saturated carbocycles. The van der Waals surface area contributed by atoms with Crippen LogP contribution in [0.2, 0.25) is 0 Å². The smallest absolute Gasteiger partial charge is 0.165 e. The van der Waals surface area contributed by atoms with Crippen molar-refractivity contribution in [2.45, 2.75) is 6.42 Å². The zero-order chi connectivity index (χ0) is 20.8. The Kier molecular flexibility index (Phi) is 6.61. The number of hydrogen-bond donors (Lipinski definition) is 0. The number of halogens is 1. The van der Waals surface area contributed by atoms with Crippen molar-refractivity contribution in [1.29, 1.82) is 0 Å². The Balaban J connectivity index is 1.51. The predicted octanol–water partition coefficient (Wildman–Crippen LogP) is 4.28. The number of pyridine rings is 1. The number of aromatic nitrogens is 1. The van der Waals surface area contributed by atoms with E-state index in [-0.39, 0.29) is 5.75 Å². The first-order chi connectivity index (χ1) is 14.7. The van der Waals surface area contributed by atoms with E-state index >= 15 is 0 Å². The maximum atomic E-state index is 14.0. The Labute approximate surface area is 175 Å². The van der Waals surface area contributed by atoms with Gasteiger partial charge in [-0.3, -0.25) is 9.88 Å². The first kappa shape index (κ1) is 20.4. The fourth-order valence-electron chi connectivity index (χ4n) is 3.43. The van der Waals surface area contributed by atoms with Crippen molar-refractivity contribution in [3.63, 3.8) is 0 Å². The number of benzene rings is 2. The van der Waals surface area contributed by atoms with E-state index in [9.17, 15) is 4.39 Å². The average molecular weight is 412 g/mol. The van der Waals surface area contributed by atoms with E-state index in [0.29, 0.717) is 29.4 Å². The molecule has 0 N–H and O–H groups in total. The molecule has 1 aromatic heterocycles. The third-order valence-electron chi connectivity index (χ3n) is 5.02. The second kappa shape index (κ2) is 9.73. The van der Waals surface area contributed by atoms with Crippen LogP contribution in [0.5, 0.6) is 23.0 Å². The minimum Gasteiger partial charge on any atom is -0.493 e. The van der Waals surface area contributed by atoms with Crippen LogP contribution < -0.4 is 14.2 Å².